The Morgan fingerprint density at radius 3 is 2.71 bits per heavy atom. The number of pyridine rings is 1. The molecule has 1 aromatic heterocycles. The number of aromatic nitrogens is 1. The molecule has 0 spiro atoms. The van der Waals surface area contributed by atoms with Crippen LogP contribution in [-0.2, 0) is 0 Å². The minimum absolute atomic E-state index is 0.456. The largest absolute Gasteiger partial charge is 0.478 e. The van der Waals surface area contributed by atoms with Crippen molar-refractivity contribution in [3.05, 3.63) is 12.1 Å². The molecule has 0 saturated heterocycles. The van der Waals surface area contributed by atoms with Crippen molar-refractivity contribution in [2.45, 2.75) is 20.3 Å². The van der Waals surface area contributed by atoms with Crippen molar-refractivity contribution in [1.29, 1.82) is 0 Å². The first-order chi connectivity index (χ1) is 6.77. The van der Waals surface area contributed by atoms with Crippen molar-refractivity contribution in [2.75, 3.05) is 18.9 Å². The van der Waals surface area contributed by atoms with Gasteiger partial charge in [-0.1, -0.05) is 6.92 Å². The highest BCUT2D eigenvalue weighted by molar-refractivity contribution is 5.49. The summed E-state index contributed by atoms with van der Waals surface area (Å²) in [5, 5.41) is 0. The zero-order chi connectivity index (χ0) is 10.4. The zero-order valence-corrected chi connectivity index (χ0v) is 8.62. The minimum Gasteiger partial charge on any atom is -0.478 e. The lowest BCUT2D eigenvalue weighted by molar-refractivity contribution is 0.289. The molecule has 2 N–H and O–H groups in total. The van der Waals surface area contributed by atoms with E-state index in [4.69, 9.17) is 15.2 Å². The topological polar surface area (TPSA) is 57.4 Å². The molecule has 0 unspecified atom stereocenters. The third-order valence-electron chi connectivity index (χ3n) is 1.60. The Hall–Kier alpha value is -1.45. The van der Waals surface area contributed by atoms with Crippen LogP contribution in [0.4, 0.5) is 5.69 Å². The fraction of sp³-hybridized carbons (Fsp3) is 0.500. The second-order valence-electron chi connectivity index (χ2n) is 2.83. The van der Waals surface area contributed by atoms with Gasteiger partial charge in [-0.15, -0.1) is 0 Å². The van der Waals surface area contributed by atoms with Crippen LogP contribution in [0.25, 0.3) is 0 Å². The lowest BCUT2D eigenvalue weighted by atomic mass is 10.4. The summed E-state index contributed by atoms with van der Waals surface area (Å²) >= 11 is 0. The normalized spacial score (nSPS) is 9.86. The Kier molecular flexibility index (Phi) is 4.04. The van der Waals surface area contributed by atoms with Crippen LogP contribution in [0, 0.1) is 0 Å². The molecule has 0 aliphatic rings. The lowest BCUT2D eigenvalue weighted by Gasteiger charge is -2.08. The molecule has 0 bridgehead atoms. The van der Waals surface area contributed by atoms with Gasteiger partial charge in [-0.05, 0) is 19.4 Å². The molecule has 78 valence electrons. The fourth-order valence-corrected chi connectivity index (χ4v) is 0.977. The maximum Gasteiger partial charge on any atom is 0.240 e. The molecular weight excluding hydrogens is 180 g/mol. The Bertz CT molecular complexity index is 289. The summed E-state index contributed by atoms with van der Waals surface area (Å²) in [7, 11) is 0. The summed E-state index contributed by atoms with van der Waals surface area (Å²) in [5.74, 6) is 1.01. The summed E-state index contributed by atoms with van der Waals surface area (Å²) < 4.78 is 10.6. The SMILES string of the molecule is CCCOc1nc(OCC)ccc1N. The Balaban J connectivity index is 2.74. The molecule has 0 fully saturated rings. The van der Waals surface area contributed by atoms with Crippen LogP contribution in [0.3, 0.4) is 0 Å². The Morgan fingerprint density at radius 2 is 2.07 bits per heavy atom. The van der Waals surface area contributed by atoms with Gasteiger partial charge in [0.2, 0.25) is 11.8 Å². The third-order valence-corrected chi connectivity index (χ3v) is 1.60. The molecule has 0 atom stereocenters. The molecule has 14 heavy (non-hydrogen) atoms. The van der Waals surface area contributed by atoms with Crippen molar-refractivity contribution in [2.24, 2.45) is 0 Å². The number of hydrogen-bond acceptors (Lipinski definition) is 4. The molecule has 1 rings (SSSR count). The van der Waals surface area contributed by atoms with E-state index in [2.05, 4.69) is 4.98 Å². The number of nitrogens with zero attached hydrogens (tertiary/aromatic N) is 1. The highest BCUT2D eigenvalue weighted by Gasteiger charge is 2.03. The predicted octanol–water partition coefficient (Wildman–Crippen LogP) is 1.85. The van der Waals surface area contributed by atoms with Gasteiger partial charge < -0.3 is 15.2 Å². The van der Waals surface area contributed by atoms with E-state index in [-0.39, 0.29) is 0 Å². The molecule has 0 aliphatic carbocycles. The molecule has 0 radical (unpaired) electrons. The Morgan fingerprint density at radius 1 is 1.29 bits per heavy atom. The number of rotatable bonds is 5. The summed E-state index contributed by atoms with van der Waals surface area (Å²) in [6, 6.07) is 3.47. The number of nitrogen functional groups attached to an aromatic ring is 1. The number of nitrogens with two attached hydrogens (primary N) is 1. The monoisotopic (exact) mass is 196 g/mol. The molecule has 0 aliphatic heterocycles. The third kappa shape index (κ3) is 2.80. The average molecular weight is 196 g/mol. The molecule has 4 heteroatoms. The van der Waals surface area contributed by atoms with Crippen LogP contribution >= 0.6 is 0 Å². The zero-order valence-electron chi connectivity index (χ0n) is 8.62. The van der Waals surface area contributed by atoms with Crippen molar-refractivity contribution >= 4 is 5.69 Å². The summed E-state index contributed by atoms with van der Waals surface area (Å²) in [6.45, 7) is 5.14. The highest BCUT2D eigenvalue weighted by atomic mass is 16.5. The van der Waals surface area contributed by atoms with Crippen LogP contribution in [-0.4, -0.2) is 18.2 Å². The van der Waals surface area contributed by atoms with Gasteiger partial charge in [0, 0.05) is 6.07 Å². The summed E-state index contributed by atoms with van der Waals surface area (Å²) in [5.41, 5.74) is 6.23. The van der Waals surface area contributed by atoms with E-state index < -0.39 is 0 Å². The van der Waals surface area contributed by atoms with E-state index in [9.17, 15) is 0 Å². The standard InChI is InChI=1S/C10H16N2O2/c1-3-7-14-10-8(11)5-6-9(12-10)13-4-2/h5-6H,3-4,7,11H2,1-2H3. The lowest BCUT2D eigenvalue weighted by Crippen LogP contribution is -2.03. The highest BCUT2D eigenvalue weighted by Crippen LogP contribution is 2.22. The van der Waals surface area contributed by atoms with Crippen LogP contribution in [0.2, 0.25) is 0 Å². The van der Waals surface area contributed by atoms with Crippen molar-refractivity contribution in [3.63, 3.8) is 0 Å². The predicted molar refractivity (Wildman–Crippen MR) is 55.6 cm³/mol. The van der Waals surface area contributed by atoms with E-state index >= 15 is 0 Å². The Labute approximate surface area is 84.0 Å². The van der Waals surface area contributed by atoms with Crippen molar-refractivity contribution in [3.8, 4) is 11.8 Å². The first-order valence-electron chi connectivity index (χ1n) is 4.80. The van der Waals surface area contributed by atoms with Crippen LogP contribution < -0.4 is 15.2 Å². The first kappa shape index (κ1) is 10.6. The minimum atomic E-state index is 0.456. The molecule has 1 aromatic rings. The van der Waals surface area contributed by atoms with Crippen LogP contribution in [0.5, 0.6) is 11.8 Å². The maximum absolute atomic E-state index is 5.68. The van der Waals surface area contributed by atoms with E-state index in [0.29, 0.717) is 30.7 Å². The van der Waals surface area contributed by atoms with Gasteiger partial charge in [-0.3, -0.25) is 0 Å². The fourth-order valence-electron chi connectivity index (χ4n) is 0.977. The van der Waals surface area contributed by atoms with Crippen molar-refractivity contribution in [1.82, 2.24) is 4.98 Å². The van der Waals surface area contributed by atoms with Gasteiger partial charge in [-0.2, -0.15) is 4.98 Å². The summed E-state index contributed by atoms with van der Waals surface area (Å²) in [6.07, 6.45) is 0.931. The quantitative estimate of drug-likeness (QED) is 0.780. The summed E-state index contributed by atoms with van der Waals surface area (Å²) in [4.78, 5) is 4.13. The number of ether oxygens (including phenoxy) is 2. The van der Waals surface area contributed by atoms with E-state index in [1.807, 2.05) is 13.8 Å². The number of hydrogen-bond donors (Lipinski definition) is 1. The number of anilines is 1. The van der Waals surface area contributed by atoms with E-state index in [1.165, 1.54) is 0 Å². The van der Waals surface area contributed by atoms with E-state index in [1.54, 1.807) is 12.1 Å². The van der Waals surface area contributed by atoms with Crippen LogP contribution in [0.1, 0.15) is 20.3 Å². The molecule has 0 amide bonds. The van der Waals surface area contributed by atoms with Gasteiger partial charge in [-0.25, -0.2) is 0 Å². The van der Waals surface area contributed by atoms with Gasteiger partial charge >= 0.3 is 0 Å². The second kappa shape index (κ2) is 5.32. The van der Waals surface area contributed by atoms with Crippen LogP contribution in [0.15, 0.2) is 12.1 Å². The van der Waals surface area contributed by atoms with Gasteiger partial charge in [0.15, 0.2) is 0 Å². The van der Waals surface area contributed by atoms with Gasteiger partial charge in [0.25, 0.3) is 0 Å². The van der Waals surface area contributed by atoms with Gasteiger partial charge in [0.05, 0.1) is 18.9 Å². The smallest absolute Gasteiger partial charge is 0.240 e. The molecule has 4 nitrogen and oxygen atoms in total. The maximum atomic E-state index is 5.68. The van der Waals surface area contributed by atoms with E-state index in [0.717, 1.165) is 6.42 Å². The second-order valence-corrected chi connectivity index (χ2v) is 2.83. The molecular formula is C10H16N2O2. The first-order valence-corrected chi connectivity index (χ1v) is 4.80. The average Bonchev–Trinajstić information content (AvgIpc) is 2.19. The molecule has 1 heterocycles. The molecule has 0 aromatic carbocycles. The van der Waals surface area contributed by atoms with Gasteiger partial charge in [0.1, 0.15) is 0 Å². The molecule has 0 saturated carbocycles. The van der Waals surface area contributed by atoms with Crippen molar-refractivity contribution < 1.29 is 9.47 Å².